The van der Waals surface area contributed by atoms with Gasteiger partial charge >= 0.3 is 0 Å². The van der Waals surface area contributed by atoms with Crippen LogP contribution in [0.3, 0.4) is 0 Å². The van der Waals surface area contributed by atoms with Crippen LogP contribution >= 0.6 is 0 Å². The molecule has 1 atom stereocenters. The summed E-state index contributed by atoms with van der Waals surface area (Å²) in [4.78, 5) is 12.1. The van der Waals surface area contributed by atoms with E-state index in [1.54, 1.807) is 24.3 Å². The van der Waals surface area contributed by atoms with Crippen LogP contribution in [0.1, 0.15) is 18.4 Å². The Morgan fingerprint density at radius 2 is 2.26 bits per heavy atom. The average molecular weight is 311 g/mol. The Labute approximate surface area is 134 Å². The predicted molar refractivity (Wildman–Crippen MR) is 83.1 cm³/mol. The summed E-state index contributed by atoms with van der Waals surface area (Å²) in [6, 6.07) is 10.7. The lowest BCUT2D eigenvalue weighted by Gasteiger charge is -2.10. The monoisotopic (exact) mass is 311 g/mol. The van der Waals surface area contributed by atoms with Gasteiger partial charge in [-0.15, -0.1) is 0 Å². The first-order valence-corrected chi connectivity index (χ1v) is 7.35. The zero-order valence-corrected chi connectivity index (χ0v) is 12.6. The summed E-state index contributed by atoms with van der Waals surface area (Å²) in [6.45, 7) is 1.01. The summed E-state index contributed by atoms with van der Waals surface area (Å²) in [7, 11) is 0. The lowest BCUT2D eigenvalue weighted by Crippen LogP contribution is -2.32. The fourth-order valence-corrected chi connectivity index (χ4v) is 2.25. The summed E-state index contributed by atoms with van der Waals surface area (Å²) in [6.07, 6.45) is 3.38. The molecule has 0 spiro atoms. The van der Waals surface area contributed by atoms with Crippen LogP contribution in [0.4, 0.5) is 0 Å². The minimum absolute atomic E-state index is 0.0176. The highest BCUT2D eigenvalue weighted by Crippen LogP contribution is 2.21. The molecule has 0 aliphatic carbocycles. The van der Waals surface area contributed by atoms with E-state index in [-0.39, 0.29) is 18.3 Å². The number of amides is 1. The number of hydrogen-bond acceptors (Lipinski definition) is 5. The van der Waals surface area contributed by atoms with Crippen molar-refractivity contribution in [3.05, 3.63) is 35.4 Å². The largest absolute Gasteiger partial charge is 0.478 e. The normalized spacial score (nSPS) is 17.1. The molecule has 1 aromatic rings. The second-order valence-electron chi connectivity index (χ2n) is 5.00. The Balaban J connectivity index is 2.07. The molecular formula is C17H17N3O3. The van der Waals surface area contributed by atoms with Gasteiger partial charge in [-0.05, 0) is 25.0 Å². The third-order valence-electron chi connectivity index (χ3n) is 3.39. The predicted octanol–water partition coefficient (Wildman–Crippen LogP) is 1.79. The van der Waals surface area contributed by atoms with E-state index in [1.165, 1.54) is 6.08 Å². The summed E-state index contributed by atoms with van der Waals surface area (Å²) >= 11 is 0. The standard InChI is InChI=1S/C17H17N3O3/c18-7-9-23-16-6-2-1-4-13(16)10-14(11-19)17(21)20-12-15-5-3-8-22-15/h1-2,4,6,10,15H,3,5,8-9,12H2,(H,20,21)/b14-10+/t15-/m0/s1. The molecule has 1 aliphatic rings. The first-order valence-electron chi connectivity index (χ1n) is 7.35. The molecule has 1 N–H and O–H groups in total. The molecule has 6 heteroatoms. The van der Waals surface area contributed by atoms with Crippen LogP contribution in [0.5, 0.6) is 5.75 Å². The topological polar surface area (TPSA) is 95.1 Å². The maximum Gasteiger partial charge on any atom is 0.262 e. The van der Waals surface area contributed by atoms with Crippen LogP contribution in [0.25, 0.3) is 6.08 Å². The van der Waals surface area contributed by atoms with E-state index in [0.717, 1.165) is 12.8 Å². The summed E-state index contributed by atoms with van der Waals surface area (Å²) in [5, 5.41) is 20.5. The van der Waals surface area contributed by atoms with Crippen molar-refractivity contribution in [2.45, 2.75) is 18.9 Å². The van der Waals surface area contributed by atoms with Gasteiger partial charge < -0.3 is 14.8 Å². The van der Waals surface area contributed by atoms with Gasteiger partial charge in [-0.3, -0.25) is 4.79 Å². The molecule has 1 saturated heterocycles. The number of hydrogen-bond donors (Lipinski definition) is 1. The molecule has 2 rings (SSSR count). The summed E-state index contributed by atoms with van der Waals surface area (Å²) in [5.74, 6) is 0.00631. The maximum atomic E-state index is 12.1. The van der Waals surface area contributed by atoms with Gasteiger partial charge in [0.2, 0.25) is 0 Å². The molecule has 1 aliphatic heterocycles. The van der Waals surface area contributed by atoms with Gasteiger partial charge in [0.1, 0.15) is 23.5 Å². The van der Waals surface area contributed by atoms with Crippen LogP contribution in [-0.4, -0.2) is 31.8 Å². The Kier molecular flexibility index (Phi) is 6.17. The van der Waals surface area contributed by atoms with Gasteiger partial charge in [0.05, 0.1) is 6.10 Å². The smallest absolute Gasteiger partial charge is 0.262 e. The molecule has 118 valence electrons. The second kappa shape index (κ2) is 8.57. The van der Waals surface area contributed by atoms with E-state index in [2.05, 4.69) is 5.32 Å². The molecule has 23 heavy (non-hydrogen) atoms. The van der Waals surface area contributed by atoms with Gasteiger partial charge in [0.25, 0.3) is 5.91 Å². The molecule has 0 aromatic heterocycles. The first-order chi connectivity index (χ1) is 11.2. The SMILES string of the molecule is N#CCOc1ccccc1/C=C(\C#N)C(=O)NC[C@@H]1CCCO1. The first kappa shape index (κ1) is 16.5. The minimum atomic E-state index is -0.446. The Bertz CT molecular complexity index is 664. The molecule has 0 bridgehead atoms. The van der Waals surface area contributed by atoms with E-state index in [1.807, 2.05) is 12.1 Å². The Hall–Kier alpha value is -2.83. The molecule has 1 fully saturated rings. The quantitative estimate of drug-likeness (QED) is 0.638. The van der Waals surface area contributed by atoms with Crippen LogP contribution in [0.15, 0.2) is 29.8 Å². The number of nitrogens with one attached hydrogen (secondary N) is 1. The van der Waals surface area contributed by atoms with Crippen molar-refractivity contribution in [3.8, 4) is 17.9 Å². The Morgan fingerprint density at radius 3 is 2.96 bits per heavy atom. The number of para-hydroxylation sites is 1. The molecule has 1 amide bonds. The van der Waals surface area contributed by atoms with Crippen LogP contribution in [-0.2, 0) is 9.53 Å². The highest BCUT2D eigenvalue weighted by molar-refractivity contribution is 6.01. The number of nitriles is 2. The summed E-state index contributed by atoms with van der Waals surface area (Å²) < 4.78 is 10.7. The van der Waals surface area contributed by atoms with Crippen LogP contribution in [0, 0.1) is 22.7 Å². The number of nitrogens with zero attached hydrogens (tertiary/aromatic N) is 2. The van der Waals surface area contributed by atoms with E-state index < -0.39 is 5.91 Å². The zero-order chi connectivity index (χ0) is 16.5. The number of rotatable bonds is 6. The highest BCUT2D eigenvalue weighted by atomic mass is 16.5. The van der Waals surface area contributed by atoms with Crippen molar-refractivity contribution < 1.29 is 14.3 Å². The van der Waals surface area contributed by atoms with E-state index >= 15 is 0 Å². The van der Waals surface area contributed by atoms with Gasteiger partial charge in [-0.25, -0.2) is 0 Å². The lowest BCUT2D eigenvalue weighted by molar-refractivity contribution is -0.117. The zero-order valence-electron chi connectivity index (χ0n) is 12.6. The molecule has 1 aromatic carbocycles. The number of ether oxygens (including phenoxy) is 2. The van der Waals surface area contributed by atoms with Crippen molar-refractivity contribution in [1.82, 2.24) is 5.32 Å². The fraction of sp³-hybridized carbons (Fsp3) is 0.353. The van der Waals surface area contributed by atoms with Gasteiger partial charge in [0.15, 0.2) is 6.61 Å². The third kappa shape index (κ3) is 4.84. The molecule has 0 saturated carbocycles. The highest BCUT2D eigenvalue weighted by Gasteiger charge is 2.17. The van der Waals surface area contributed by atoms with Gasteiger partial charge in [-0.2, -0.15) is 10.5 Å². The third-order valence-corrected chi connectivity index (χ3v) is 3.39. The molecule has 0 unspecified atom stereocenters. The minimum Gasteiger partial charge on any atom is -0.478 e. The molecule has 1 heterocycles. The van der Waals surface area contributed by atoms with Gasteiger partial charge in [-0.1, -0.05) is 18.2 Å². The molecule has 6 nitrogen and oxygen atoms in total. The maximum absolute atomic E-state index is 12.1. The van der Waals surface area contributed by atoms with E-state index in [0.29, 0.717) is 24.5 Å². The number of benzene rings is 1. The van der Waals surface area contributed by atoms with E-state index in [9.17, 15) is 10.1 Å². The second-order valence-corrected chi connectivity index (χ2v) is 5.00. The van der Waals surface area contributed by atoms with E-state index in [4.69, 9.17) is 14.7 Å². The van der Waals surface area contributed by atoms with Crippen LogP contribution in [0.2, 0.25) is 0 Å². The number of carbonyl (C=O) groups excluding carboxylic acids is 1. The average Bonchev–Trinajstić information content (AvgIpc) is 3.10. The number of carbonyl (C=O) groups is 1. The van der Waals surface area contributed by atoms with Crippen molar-refractivity contribution >= 4 is 12.0 Å². The van der Waals surface area contributed by atoms with Crippen molar-refractivity contribution in [2.24, 2.45) is 0 Å². The van der Waals surface area contributed by atoms with Gasteiger partial charge in [0, 0.05) is 18.7 Å². The van der Waals surface area contributed by atoms with Crippen LogP contribution < -0.4 is 10.1 Å². The lowest BCUT2D eigenvalue weighted by atomic mass is 10.1. The molecular weight excluding hydrogens is 294 g/mol. The molecule has 0 radical (unpaired) electrons. The van der Waals surface area contributed by atoms with Crippen molar-refractivity contribution in [3.63, 3.8) is 0 Å². The van der Waals surface area contributed by atoms with Crippen molar-refractivity contribution in [2.75, 3.05) is 19.8 Å². The van der Waals surface area contributed by atoms with Crippen molar-refractivity contribution in [1.29, 1.82) is 10.5 Å². The summed E-state index contributed by atoms with van der Waals surface area (Å²) in [5.41, 5.74) is 0.558. The fourth-order valence-electron chi connectivity index (χ4n) is 2.25. The Morgan fingerprint density at radius 1 is 1.43 bits per heavy atom.